The highest BCUT2D eigenvalue weighted by Crippen LogP contribution is 2.42. The number of thiophene rings is 1. The van der Waals surface area contributed by atoms with Gasteiger partial charge in [0.2, 0.25) is 0 Å². The van der Waals surface area contributed by atoms with Crippen molar-refractivity contribution in [3.05, 3.63) is 243 Å². The van der Waals surface area contributed by atoms with E-state index in [1.54, 1.807) is 0 Å². The summed E-state index contributed by atoms with van der Waals surface area (Å²) in [6.07, 6.45) is 12.0. The number of nitrogens with zero attached hydrogens (tertiary/aromatic N) is 2. The molecule has 0 fully saturated rings. The lowest BCUT2D eigenvalue weighted by atomic mass is 9.97. The number of hydrogen-bond donors (Lipinski definition) is 0. The second-order valence-electron chi connectivity index (χ2n) is 16.4. The van der Waals surface area contributed by atoms with E-state index in [9.17, 15) is 0 Å². The van der Waals surface area contributed by atoms with Crippen molar-refractivity contribution >= 4 is 76.1 Å². The van der Waals surface area contributed by atoms with Crippen LogP contribution in [0.25, 0.3) is 92.2 Å². The maximum atomic E-state index is 2.40. The van der Waals surface area contributed by atoms with Gasteiger partial charge in [0, 0.05) is 53.7 Å². The molecule has 0 bridgehead atoms. The normalized spacial score (nSPS) is 12.6. The Morgan fingerprint density at radius 3 is 1.69 bits per heavy atom. The third kappa shape index (κ3) is 6.75. The van der Waals surface area contributed by atoms with E-state index in [0.29, 0.717) is 0 Å². The van der Waals surface area contributed by atoms with Gasteiger partial charge in [-0.1, -0.05) is 170 Å². The number of allylic oxidation sites excluding steroid dienone is 6. The Kier molecular flexibility index (Phi) is 9.47. The average Bonchev–Trinajstić information content (AvgIpc) is 3.78. The lowest BCUT2D eigenvalue weighted by molar-refractivity contribution is 1.24. The van der Waals surface area contributed by atoms with Crippen LogP contribution < -0.4 is 4.90 Å². The Morgan fingerprint density at radius 1 is 0.391 bits per heavy atom. The Labute approximate surface area is 377 Å². The minimum absolute atomic E-state index is 0.937. The van der Waals surface area contributed by atoms with Gasteiger partial charge in [0.1, 0.15) is 0 Å². The summed E-state index contributed by atoms with van der Waals surface area (Å²) in [7, 11) is 0. The summed E-state index contributed by atoms with van der Waals surface area (Å²) in [5.74, 6) is 0. The topological polar surface area (TPSA) is 8.17 Å². The van der Waals surface area contributed by atoms with E-state index in [4.69, 9.17) is 0 Å². The van der Waals surface area contributed by atoms with Crippen molar-refractivity contribution in [3.63, 3.8) is 0 Å². The maximum Gasteiger partial charge on any atom is 0.0547 e. The minimum atomic E-state index is 0.937. The van der Waals surface area contributed by atoms with Gasteiger partial charge in [-0.25, -0.2) is 0 Å². The Bertz CT molecular complexity index is 3600. The van der Waals surface area contributed by atoms with Crippen LogP contribution in [-0.4, -0.2) is 4.57 Å². The predicted octanol–water partition coefficient (Wildman–Crippen LogP) is 17.7. The molecule has 0 saturated heterocycles. The van der Waals surface area contributed by atoms with Crippen LogP contribution in [0.4, 0.5) is 17.1 Å². The predicted molar refractivity (Wildman–Crippen MR) is 276 cm³/mol. The van der Waals surface area contributed by atoms with Crippen LogP contribution in [0.2, 0.25) is 0 Å². The molecule has 0 N–H and O–H groups in total. The molecular formula is C61H42N2S. The summed E-state index contributed by atoms with van der Waals surface area (Å²) < 4.78 is 5.06. The standard InChI is InChI=1S/C61H42N2S/c1-2-7-19-49(18-6-1)63-58-24-10-8-20-54(58)55-39-32-47(41-59(55)63)45-30-37-52(38-31-45)62(50-33-26-43(27-34-50)42-14-4-3-5-15-42)51-35-28-44(29-36-51)46-16-12-17-48(40-46)53-22-13-23-57-56-21-9-11-25-60(56)64-61(53)57/h1,3-41H,2H2. The maximum absolute atomic E-state index is 2.40. The summed E-state index contributed by atoms with van der Waals surface area (Å²) >= 11 is 1.88. The quantitative estimate of drug-likeness (QED) is 0.148. The van der Waals surface area contributed by atoms with Crippen molar-refractivity contribution in [2.75, 3.05) is 4.90 Å². The van der Waals surface area contributed by atoms with Crippen LogP contribution >= 0.6 is 11.3 Å². The molecule has 0 atom stereocenters. The molecule has 0 unspecified atom stereocenters. The van der Waals surface area contributed by atoms with Crippen LogP contribution in [0.15, 0.2) is 243 Å². The fraction of sp³-hybridized carbons (Fsp3) is 0.0164. The zero-order valence-corrected chi connectivity index (χ0v) is 35.9. The highest BCUT2D eigenvalue weighted by molar-refractivity contribution is 7.26. The molecule has 12 rings (SSSR count). The Hall–Kier alpha value is -7.98. The first-order chi connectivity index (χ1) is 31.7. The van der Waals surface area contributed by atoms with Gasteiger partial charge in [-0.2, -0.15) is 0 Å². The van der Waals surface area contributed by atoms with E-state index < -0.39 is 0 Å². The number of benzene rings is 9. The first-order valence-electron chi connectivity index (χ1n) is 22.0. The highest BCUT2D eigenvalue weighted by Gasteiger charge is 2.17. The minimum Gasteiger partial charge on any atom is -0.311 e. The highest BCUT2D eigenvalue weighted by atomic mass is 32.1. The molecule has 1 aliphatic rings. The third-order valence-electron chi connectivity index (χ3n) is 12.6. The van der Waals surface area contributed by atoms with Crippen LogP contribution in [0.5, 0.6) is 0 Å². The molecule has 0 radical (unpaired) electrons. The van der Waals surface area contributed by atoms with Crippen molar-refractivity contribution in [2.45, 2.75) is 6.42 Å². The molecule has 0 saturated carbocycles. The summed E-state index contributed by atoms with van der Waals surface area (Å²) in [5.41, 5.74) is 16.5. The van der Waals surface area contributed by atoms with E-state index in [0.717, 1.165) is 23.5 Å². The van der Waals surface area contributed by atoms with Gasteiger partial charge >= 0.3 is 0 Å². The molecule has 1 aliphatic carbocycles. The lowest BCUT2D eigenvalue weighted by Gasteiger charge is -2.26. The third-order valence-corrected chi connectivity index (χ3v) is 13.8. The molecule has 0 amide bonds. The molecule has 9 aromatic carbocycles. The largest absolute Gasteiger partial charge is 0.311 e. The first kappa shape index (κ1) is 37.8. The Balaban J connectivity index is 0.908. The molecule has 11 aromatic rings. The Morgan fingerprint density at radius 2 is 0.938 bits per heavy atom. The van der Waals surface area contributed by atoms with Crippen molar-refractivity contribution in [1.82, 2.24) is 4.57 Å². The first-order valence-corrected chi connectivity index (χ1v) is 22.8. The van der Waals surface area contributed by atoms with Gasteiger partial charge in [0.15, 0.2) is 0 Å². The molecule has 2 heterocycles. The fourth-order valence-corrected chi connectivity index (χ4v) is 10.7. The molecular weight excluding hydrogens is 793 g/mol. The molecule has 0 aliphatic heterocycles. The van der Waals surface area contributed by atoms with Gasteiger partial charge in [-0.15, -0.1) is 11.3 Å². The molecule has 2 aromatic heterocycles. The van der Waals surface area contributed by atoms with E-state index >= 15 is 0 Å². The van der Waals surface area contributed by atoms with Crippen LogP contribution in [0.3, 0.4) is 0 Å². The van der Waals surface area contributed by atoms with Gasteiger partial charge in [0.05, 0.1) is 11.0 Å². The molecule has 64 heavy (non-hydrogen) atoms. The second kappa shape index (κ2) is 16.0. The summed E-state index contributed by atoms with van der Waals surface area (Å²) in [4.78, 5) is 2.36. The number of anilines is 3. The smallest absolute Gasteiger partial charge is 0.0547 e. The van der Waals surface area contributed by atoms with Crippen molar-refractivity contribution < 1.29 is 0 Å². The fourth-order valence-electron chi connectivity index (χ4n) is 9.47. The van der Waals surface area contributed by atoms with Crippen LogP contribution in [0.1, 0.15) is 6.42 Å². The summed E-state index contributed by atoms with van der Waals surface area (Å²) in [6.45, 7) is 0. The number of rotatable bonds is 8. The van der Waals surface area contributed by atoms with Gasteiger partial charge in [-0.05, 0) is 124 Å². The average molecular weight is 835 g/mol. The number of aromatic nitrogens is 1. The SMILES string of the molecule is C1=CCC=CC(n2c3ccccc3c3ccc(-c4ccc(N(c5ccc(-c6ccccc6)cc5)c5ccc(-c6cccc(-c7cccc8c7sc7ccccc78)c6)cc5)cc4)cc32)=C1. The van der Waals surface area contributed by atoms with E-state index in [1.807, 2.05) is 11.3 Å². The monoisotopic (exact) mass is 834 g/mol. The summed E-state index contributed by atoms with van der Waals surface area (Å²) in [6, 6.07) is 77.7. The van der Waals surface area contributed by atoms with Gasteiger partial charge in [-0.3, -0.25) is 0 Å². The zero-order chi connectivity index (χ0) is 42.4. The van der Waals surface area contributed by atoms with Crippen molar-refractivity contribution in [2.24, 2.45) is 0 Å². The second-order valence-corrected chi connectivity index (χ2v) is 17.5. The van der Waals surface area contributed by atoms with E-state index in [-0.39, 0.29) is 0 Å². The zero-order valence-electron chi connectivity index (χ0n) is 35.1. The number of para-hydroxylation sites is 1. The molecule has 302 valence electrons. The van der Waals surface area contributed by atoms with Crippen molar-refractivity contribution in [3.8, 4) is 44.5 Å². The molecule has 0 spiro atoms. The summed E-state index contributed by atoms with van der Waals surface area (Å²) in [5, 5.41) is 5.16. The van der Waals surface area contributed by atoms with Gasteiger partial charge in [0.25, 0.3) is 0 Å². The van der Waals surface area contributed by atoms with Crippen LogP contribution in [0, 0.1) is 0 Å². The van der Waals surface area contributed by atoms with E-state index in [2.05, 4.69) is 252 Å². The number of hydrogen-bond acceptors (Lipinski definition) is 2. The van der Waals surface area contributed by atoms with Crippen LogP contribution in [-0.2, 0) is 0 Å². The van der Waals surface area contributed by atoms with Gasteiger partial charge < -0.3 is 9.47 Å². The van der Waals surface area contributed by atoms with E-state index in [1.165, 1.54) is 92.2 Å². The molecule has 3 heteroatoms. The number of fused-ring (bicyclic) bond motifs is 6. The molecule has 2 nitrogen and oxygen atoms in total. The lowest BCUT2D eigenvalue weighted by Crippen LogP contribution is -2.09. The van der Waals surface area contributed by atoms with Crippen molar-refractivity contribution in [1.29, 1.82) is 0 Å².